The number of guanidine groups is 1. The molecule has 3 unspecified atom stereocenters. The van der Waals surface area contributed by atoms with Gasteiger partial charge in [-0.3, -0.25) is 19.4 Å². The summed E-state index contributed by atoms with van der Waals surface area (Å²) < 4.78 is 0. The van der Waals surface area contributed by atoms with Crippen molar-refractivity contribution in [3.63, 3.8) is 0 Å². The quantitative estimate of drug-likeness (QED) is 0.684. The lowest BCUT2D eigenvalue weighted by atomic mass is 9.96. The van der Waals surface area contributed by atoms with E-state index in [1.165, 1.54) is 4.90 Å². The summed E-state index contributed by atoms with van der Waals surface area (Å²) in [6, 6.07) is 7.56. The van der Waals surface area contributed by atoms with E-state index in [2.05, 4.69) is 11.0 Å². The maximum absolute atomic E-state index is 13.9. The van der Waals surface area contributed by atoms with Crippen LogP contribution in [0.1, 0.15) is 49.4 Å². The highest BCUT2D eigenvalue weighted by molar-refractivity contribution is 6.09. The summed E-state index contributed by atoms with van der Waals surface area (Å²) in [6.45, 7) is 3.01. The predicted octanol–water partition coefficient (Wildman–Crippen LogP) is 2.01. The minimum atomic E-state index is -1.07. The minimum absolute atomic E-state index is 0.0429. The van der Waals surface area contributed by atoms with Crippen molar-refractivity contribution >= 4 is 23.7 Å². The number of nitrogens with zero attached hydrogens (tertiary/aromatic N) is 5. The number of allylic oxidation sites excluding steroid dienone is 2. The van der Waals surface area contributed by atoms with Gasteiger partial charge in [0.25, 0.3) is 5.91 Å². The topological polar surface area (TPSA) is 103 Å². The van der Waals surface area contributed by atoms with Gasteiger partial charge < -0.3 is 15.5 Å². The van der Waals surface area contributed by atoms with Crippen LogP contribution in [-0.2, 0) is 4.79 Å². The third-order valence-electron chi connectivity index (χ3n) is 7.48. The zero-order valence-electron chi connectivity index (χ0n) is 19.8. The Balaban J connectivity index is 1.51. The van der Waals surface area contributed by atoms with E-state index in [9.17, 15) is 14.4 Å². The fraction of sp³-hybridized carbons (Fsp3) is 0.520. The lowest BCUT2D eigenvalue weighted by molar-refractivity contribution is -0.139. The third-order valence-corrected chi connectivity index (χ3v) is 7.48. The van der Waals surface area contributed by atoms with Gasteiger partial charge in [0.15, 0.2) is 17.5 Å². The number of aliphatic imine (C=N–C) groups is 1. The van der Waals surface area contributed by atoms with E-state index in [4.69, 9.17) is 10.7 Å². The number of fused-ring (bicyclic) bond motifs is 1. The molecule has 3 heterocycles. The van der Waals surface area contributed by atoms with Crippen molar-refractivity contribution in [1.29, 1.82) is 0 Å². The van der Waals surface area contributed by atoms with Gasteiger partial charge in [-0.2, -0.15) is 0 Å². The number of hydrogen-bond acceptors (Lipinski definition) is 7. The molecule has 34 heavy (non-hydrogen) atoms. The molecular formula is C25H32N6O3. The van der Waals surface area contributed by atoms with Gasteiger partial charge in [0.2, 0.25) is 5.96 Å². The lowest BCUT2D eigenvalue weighted by Crippen LogP contribution is -2.70. The average Bonchev–Trinajstić information content (AvgIpc) is 3.47. The molecule has 2 saturated heterocycles. The summed E-state index contributed by atoms with van der Waals surface area (Å²) in [5.74, 6) is 0.0508. The molecule has 3 amide bonds. The van der Waals surface area contributed by atoms with Gasteiger partial charge in [0.1, 0.15) is 0 Å². The number of hydrogen-bond donors (Lipinski definition) is 1. The Morgan fingerprint density at radius 3 is 2.65 bits per heavy atom. The minimum Gasteiger partial charge on any atom is -0.341 e. The molecule has 1 aromatic carbocycles. The molecule has 9 heteroatoms. The number of Topliss-reactive ketones (excluding diaryl/α,β-unsaturated/α-hetero) is 1. The number of likely N-dealkylation sites (N-methyl/N-ethyl adjacent to an activating group) is 1. The number of carbonyl (C=O) groups is 3. The third kappa shape index (κ3) is 3.58. The second kappa shape index (κ2) is 8.54. The number of nitrogens with two attached hydrogens (primary N) is 1. The molecule has 5 rings (SSSR count). The number of rotatable bonds is 4. The molecule has 180 valence electrons. The Morgan fingerprint density at radius 1 is 1.21 bits per heavy atom. The monoisotopic (exact) mass is 464 g/mol. The smallest absolute Gasteiger partial charge is 0.328 e. The summed E-state index contributed by atoms with van der Waals surface area (Å²) in [7, 11) is 1.66. The van der Waals surface area contributed by atoms with E-state index in [0.717, 1.165) is 49.2 Å². The molecule has 9 nitrogen and oxygen atoms in total. The van der Waals surface area contributed by atoms with Crippen molar-refractivity contribution in [3.8, 4) is 0 Å². The van der Waals surface area contributed by atoms with E-state index in [0.29, 0.717) is 18.1 Å². The van der Waals surface area contributed by atoms with Crippen molar-refractivity contribution in [2.45, 2.75) is 56.8 Å². The molecular weight excluding hydrogens is 432 g/mol. The summed E-state index contributed by atoms with van der Waals surface area (Å²) in [6.07, 6.45) is 6.88. The van der Waals surface area contributed by atoms with E-state index in [1.807, 2.05) is 17.9 Å². The first-order valence-corrected chi connectivity index (χ1v) is 12.1. The lowest BCUT2D eigenvalue weighted by Gasteiger charge is -2.47. The number of piperidine rings is 1. The molecule has 0 spiro atoms. The van der Waals surface area contributed by atoms with Crippen molar-refractivity contribution in [2.75, 3.05) is 26.7 Å². The van der Waals surface area contributed by atoms with Crippen LogP contribution in [0, 0.1) is 0 Å². The number of likely N-dealkylation sites (tertiary alicyclic amines) is 1. The van der Waals surface area contributed by atoms with Gasteiger partial charge in [-0.25, -0.2) is 9.79 Å². The summed E-state index contributed by atoms with van der Waals surface area (Å²) in [5, 5.41) is 0. The Hall–Kier alpha value is -3.20. The van der Waals surface area contributed by atoms with Crippen LogP contribution in [0.3, 0.4) is 0 Å². The highest BCUT2D eigenvalue weighted by atomic mass is 16.2. The molecule has 0 bridgehead atoms. The van der Waals surface area contributed by atoms with Gasteiger partial charge in [0, 0.05) is 37.4 Å². The second-order valence-electron chi connectivity index (χ2n) is 9.77. The number of benzene rings is 1. The molecule has 2 fully saturated rings. The molecule has 3 aliphatic heterocycles. The zero-order chi connectivity index (χ0) is 24.0. The van der Waals surface area contributed by atoms with E-state index in [1.54, 1.807) is 31.3 Å². The van der Waals surface area contributed by atoms with E-state index >= 15 is 0 Å². The number of urea groups is 1. The van der Waals surface area contributed by atoms with Crippen LogP contribution < -0.4 is 5.73 Å². The van der Waals surface area contributed by atoms with Crippen LogP contribution >= 0.6 is 0 Å². The largest absolute Gasteiger partial charge is 0.341 e. The molecule has 2 N–H and O–H groups in total. The normalized spacial score (nSPS) is 29.4. The Morgan fingerprint density at radius 2 is 1.97 bits per heavy atom. The summed E-state index contributed by atoms with van der Waals surface area (Å²) >= 11 is 0. The van der Waals surface area contributed by atoms with Crippen LogP contribution in [-0.4, -0.2) is 87.7 Å². The average molecular weight is 465 g/mol. The maximum Gasteiger partial charge on any atom is 0.328 e. The fourth-order valence-electron chi connectivity index (χ4n) is 5.48. The van der Waals surface area contributed by atoms with Gasteiger partial charge >= 0.3 is 6.03 Å². The van der Waals surface area contributed by atoms with Crippen LogP contribution in [0.15, 0.2) is 47.1 Å². The van der Waals surface area contributed by atoms with Crippen LogP contribution in [0.2, 0.25) is 0 Å². The van der Waals surface area contributed by atoms with Crippen molar-refractivity contribution in [3.05, 3.63) is 47.7 Å². The van der Waals surface area contributed by atoms with Crippen molar-refractivity contribution < 1.29 is 14.4 Å². The standard InChI is InChI=1S/C25H32N6O3/c1-25-21(22(33)30(24(34)28(25)2)16-20(32)17-9-4-3-5-10-17)31(19-12-6-7-13-19)23(27-25)29-14-8-11-18(26)15-29/h3-5,9-10,12,18,21H,6-8,11,13-16,26H2,1-2H3. The molecule has 0 radical (unpaired) electrons. The number of amides is 3. The molecule has 0 aromatic heterocycles. The highest BCUT2D eigenvalue weighted by Crippen LogP contribution is 2.41. The maximum atomic E-state index is 13.9. The fourth-order valence-corrected chi connectivity index (χ4v) is 5.48. The first-order valence-electron chi connectivity index (χ1n) is 12.1. The SMILES string of the molecule is CN1C(=O)N(CC(=O)c2ccccc2)C(=O)C2N(C3=CCCC3)C(N3CCCC(N)C3)=NC21C. The van der Waals surface area contributed by atoms with Crippen LogP contribution in [0.25, 0.3) is 0 Å². The number of carbonyl (C=O) groups excluding carboxylic acids is 3. The molecule has 0 saturated carbocycles. The van der Waals surface area contributed by atoms with Crippen LogP contribution in [0.5, 0.6) is 0 Å². The molecule has 1 aromatic rings. The zero-order valence-corrected chi connectivity index (χ0v) is 19.8. The van der Waals surface area contributed by atoms with Gasteiger partial charge in [0.05, 0.1) is 6.54 Å². The molecule has 4 aliphatic rings. The van der Waals surface area contributed by atoms with Crippen molar-refractivity contribution in [1.82, 2.24) is 19.6 Å². The first-order chi connectivity index (χ1) is 16.3. The Labute approximate surface area is 199 Å². The Bertz CT molecular complexity index is 1070. The van der Waals surface area contributed by atoms with Crippen molar-refractivity contribution in [2.24, 2.45) is 10.7 Å². The summed E-state index contributed by atoms with van der Waals surface area (Å²) in [4.78, 5) is 52.0. The van der Waals surface area contributed by atoms with E-state index in [-0.39, 0.29) is 24.3 Å². The number of ketones is 1. The number of imide groups is 1. The van der Waals surface area contributed by atoms with Crippen LogP contribution in [0.4, 0.5) is 4.79 Å². The van der Waals surface area contributed by atoms with Gasteiger partial charge in [-0.15, -0.1) is 0 Å². The van der Waals surface area contributed by atoms with E-state index < -0.39 is 17.7 Å². The van der Waals surface area contributed by atoms with Gasteiger partial charge in [-0.1, -0.05) is 36.4 Å². The first kappa shape index (κ1) is 22.6. The summed E-state index contributed by atoms with van der Waals surface area (Å²) in [5.41, 5.74) is 6.73. The van der Waals surface area contributed by atoms with Gasteiger partial charge in [-0.05, 0) is 39.0 Å². The molecule has 1 aliphatic carbocycles. The highest BCUT2D eigenvalue weighted by Gasteiger charge is 2.61. The Kier molecular flexibility index (Phi) is 5.67. The predicted molar refractivity (Wildman–Crippen MR) is 128 cm³/mol. The second-order valence-corrected chi connectivity index (χ2v) is 9.77. The molecule has 3 atom stereocenters.